The van der Waals surface area contributed by atoms with Crippen molar-refractivity contribution in [2.75, 3.05) is 19.6 Å². The summed E-state index contributed by atoms with van der Waals surface area (Å²) in [6, 6.07) is 5.65. The number of hydrogen-bond donors (Lipinski definition) is 1. The number of carbonyl (C=O) groups excluding carboxylic acids is 1. The van der Waals surface area contributed by atoms with E-state index in [1.165, 1.54) is 19.5 Å². The van der Waals surface area contributed by atoms with Gasteiger partial charge in [0.2, 0.25) is 5.79 Å². The van der Waals surface area contributed by atoms with Gasteiger partial charge < -0.3 is 19.7 Å². The average molecular weight is 302 g/mol. The molecule has 2 bridgehead atoms. The molecule has 1 amide bonds. The van der Waals surface area contributed by atoms with Crippen LogP contribution in [0.1, 0.15) is 37.0 Å². The smallest absolute Gasteiger partial charge is 0.251 e. The van der Waals surface area contributed by atoms with E-state index < -0.39 is 5.79 Å². The molecule has 0 saturated carbocycles. The third-order valence-corrected chi connectivity index (χ3v) is 4.72. The van der Waals surface area contributed by atoms with Crippen LogP contribution in [0.15, 0.2) is 18.2 Å². The van der Waals surface area contributed by atoms with Gasteiger partial charge in [-0.2, -0.15) is 0 Å². The minimum atomic E-state index is -0.659. The molecule has 5 nitrogen and oxygen atoms in total. The maximum atomic E-state index is 12.5. The molecule has 2 fully saturated rings. The summed E-state index contributed by atoms with van der Waals surface area (Å²) in [4.78, 5) is 14.9. The number of rotatable bonds is 2. The molecule has 5 heteroatoms. The van der Waals surface area contributed by atoms with Crippen molar-refractivity contribution in [1.29, 1.82) is 0 Å². The largest absolute Gasteiger partial charge is 0.449 e. The molecule has 1 N–H and O–H groups in total. The fourth-order valence-corrected chi connectivity index (χ4v) is 3.80. The van der Waals surface area contributed by atoms with Crippen molar-refractivity contribution in [3.8, 4) is 11.5 Å². The first-order chi connectivity index (χ1) is 10.5. The van der Waals surface area contributed by atoms with Gasteiger partial charge in [-0.1, -0.05) is 0 Å². The molecule has 1 aromatic rings. The lowest BCUT2D eigenvalue weighted by molar-refractivity contribution is -0.0431. The number of carbonyl (C=O) groups is 1. The zero-order chi connectivity index (χ0) is 15.3. The van der Waals surface area contributed by atoms with Crippen molar-refractivity contribution in [3.05, 3.63) is 23.8 Å². The highest BCUT2D eigenvalue weighted by molar-refractivity contribution is 5.95. The second-order valence-corrected chi connectivity index (χ2v) is 7.09. The Hall–Kier alpha value is -1.75. The fourth-order valence-electron chi connectivity index (χ4n) is 3.80. The van der Waals surface area contributed by atoms with Gasteiger partial charge in [0.15, 0.2) is 11.5 Å². The number of hydrogen-bond acceptors (Lipinski definition) is 4. The molecular formula is C17H22N2O3. The second-order valence-electron chi connectivity index (χ2n) is 7.09. The summed E-state index contributed by atoms with van der Waals surface area (Å²) in [6.45, 7) is 7.07. The summed E-state index contributed by atoms with van der Waals surface area (Å²) in [5.74, 6) is 1.40. The van der Waals surface area contributed by atoms with Crippen LogP contribution in [0.2, 0.25) is 0 Å². The predicted octanol–water partition coefficient (Wildman–Crippen LogP) is 2.02. The van der Waals surface area contributed by atoms with Crippen LogP contribution < -0.4 is 14.8 Å². The SMILES string of the molecule is CC1(C)Oc2ccc(C(=O)N[C@@H]3C[C@@H]4CCN(C4)C3)cc2O1. The minimum absolute atomic E-state index is 0.0244. The topological polar surface area (TPSA) is 50.8 Å². The fraction of sp³-hybridized carbons (Fsp3) is 0.588. The third-order valence-electron chi connectivity index (χ3n) is 4.72. The lowest BCUT2D eigenvalue weighted by atomic mass is 9.96. The van der Waals surface area contributed by atoms with E-state index in [9.17, 15) is 4.79 Å². The van der Waals surface area contributed by atoms with Gasteiger partial charge in [-0.3, -0.25) is 4.79 Å². The first-order valence-electron chi connectivity index (χ1n) is 8.04. The van der Waals surface area contributed by atoms with Crippen molar-refractivity contribution in [1.82, 2.24) is 10.2 Å². The lowest BCUT2D eigenvalue weighted by Crippen LogP contribution is -2.47. The summed E-state index contributed by atoms with van der Waals surface area (Å²) in [6.07, 6.45) is 2.37. The summed E-state index contributed by atoms with van der Waals surface area (Å²) < 4.78 is 11.4. The van der Waals surface area contributed by atoms with Crippen LogP contribution in [0.25, 0.3) is 0 Å². The Morgan fingerprint density at radius 3 is 2.91 bits per heavy atom. The second kappa shape index (κ2) is 4.88. The summed E-state index contributed by atoms with van der Waals surface area (Å²) >= 11 is 0. The highest BCUT2D eigenvalue weighted by atomic mass is 16.7. The first-order valence-corrected chi connectivity index (χ1v) is 8.04. The van der Waals surface area contributed by atoms with Crippen LogP contribution >= 0.6 is 0 Å². The maximum absolute atomic E-state index is 12.5. The normalized spacial score (nSPS) is 31.1. The predicted molar refractivity (Wildman–Crippen MR) is 82.2 cm³/mol. The molecule has 3 aliphatic rings. The third kappa shape index (κ3) is 2.54. The molecule has 4 rings (SSSR count). The first kappa shape index (κ1) is 13.9. The van der Waals surface area contributed by atoms with Crippen LogP contribution in [0.3, 0.4) is 0 Å². The van der Waals surface area contributed by atoms with E-state index in [-0.39, 0.29) is 11.9 Å². The zero-order valence-corrected chi connectivity index (χ0v) is 13.1. The average Bonchev–Trinajstić information content (AvgIpc) is 2.95. The molecule has 0 aliphatic carbocycles. The number of nitrogens with zero attached hydrogens (tertiary/aromatic N) is 1. The van der Waals surface area contributed by atoms with Crippen molar-refractivity contribution in [2.45, 2.75) is 38.5 Å². The highest BCUT2D eigenvalue weighted by Gasteiger charge is 2.34. The highest BCUT2D eigenvalue weighted by Crippen LogP contribution is 2.39. The Kier molecular flexibility index (Phi) is 3.08. The van der Waals surface area contributed by atoms with Gasteiger partial charge in [-0.05, 0) is 43.5 Å². The molecule has 3 heterocycles. The molecule has 118 valence electrons. The zero-order valence-electron chi connectivity index (χ0n) is 13.1. The lowest BCUT2D eigenvalue weighted by Gasteiger charge is -2.30. The summed E-state index contributed by atoms with van der Waals surface area (Å²) in [7, 11) is 0. The van der Waals surface area contributed by atoms with E-state index in [1.807, 2.05) is 19.9 Å². The van der Waals surface area contributed by atoms with Gasteiger partial charge in [-0.25, -0.2) is 0 Å². The van der Waals surface area contributed by atoms with Crippen LogP contribution in [0, 0.1) is 5.92 Å². The quantitative estimate of drug-likeness (QED) is 0.908. The number of amides is 1. The molecule has 2 saturated heterocycles. The van der Waals surface area contributed by atoms with Crippen molar-refractivity contribution >= 4 is 5.91 Å². The summed E-state index contributed by atoms with van der Waals surface area (Å²) in [5.41, 5.74) is 0.632. The monoisotopic (exact) mass is 302 g/mol. The molecule has 0 radical (unpaired) electrons. The molecule has 3 aliphatic heterocycles. The number of piperidine rings is 1. The molecule has 3 atom stereocenters. The van der Waals surface area contributed by atoms with Gasteiger partial charge >= 0.3 is 0 Å². The molecule has 1 aromatic carbocycles. The number of fused-ring (bicyclic) bond motifs is 3. The van der Waals surface area contributed by atoms with Crippen molar-refractivity contribution < 1.29 is 14.3 Å². The van der Waals surface area contributed by atoms with Gasteiger partial charge in [-0.15, -0.1) is 0 Å². The van der Waals surface area contributed by atoms with Gasteiger partial charge in [0.05, 0.1) is 0 Å². The van der Waals surface area contributed by atoms with E-state index >= 15 is 0 Å². The van der Waals surface area contributed by atoms with Gasteiger partial charge in [0, 0.05) is 38.5 Å². The van der Waals surface area contributed by atoms with Crippen molar-refractivity contribution in [2.24, 2.45) is 5.92 Å². The van der Waals surface area contributed by atoms with Gasteiger partial charge in [0.25, 0.3) is 5.91 Å². The summed E-state index contributed by atoms with van der Waals surface area (Å²) in [5, 5.41) is 3.17. The van der Waals surface area contributed by atoms with Crippen LogP contribution in [-0.4, -0.2) is 42.3 Å². The van der Waals surface area contributed by atoms with E-state index in [0.717, 1.165) is 18.9 Å². The van der Waals surface area contributed by atoms with Crippen LogP contribution in [0.5, 0.6) is 11.5 Å². The minimum Gasteiger partial charge on any atom is -0.449 e. The number of nitrogens with one attached hydrogen (secondary N) is 1. The molecule has 22 heavy (non-hydrogen) atoms. The van der Waals surface area contributed by atoms with E-state index in [2.05, 4.69) is 10.2 Å². The van der Waals surface area contributed by atoms with Crippen LogP contribution in [0.4, 0.5) is 0 Å². The standard InChI is InChI=1S/C17H22N2O3/c1-17(2)21-14-4-3-12(8-15(14)22-17)16(20)18-13-7-11-5-6-19(9-11)10-13/h3-4,8,11,13H,5-7,9-10H2,1-2H3,(H,18,20)/t11-,13+/m0/s1. The van der Waals surface area contributed by atoms with E-state index in [4.69, 9.17) is 9.47 Å². The van der Waals surface area contributed by atoms with Gasteiger partial charge in [0.1, 0.15) is 0 Å². The van der Waals surface area contributed by atoms with E-state index in [1.54, 1.807) is 12.1 Å². The Morgan fingerprint density at radius 2 is 2.09 bits per heavy atom. The Labute approximate surface area is 130 Å². The Balaban J connectivity index is 1.45. The Bertz CT molecular complexity index is 602. The molecule has 1 unspecified atom stereocenters. The molecular weight excluding hydrogens is 280 g/mol. The molecule has 0 spiro atoms. The maximum Gasteiger partial charge on any atom is 0.251 e. The van der Waals surface area contributed by atoms with Crippen molar-refractivity contribution in [3.63, 3.8) is 0 Å². The Morgan fingerprint density at radius 1 is 1.27 bits per heavy atom. The van der Waals surface area contributed by atoms with E-state index in [0.29, 0.717) is 17.1 Å². The number of benzene rings is 1. The molecule has 0 aromatic heterocycles. The number of ether oxygens (including phenoxy) is 2. The van der Waals surface area contributed by atoms with Crippen LogP contribution in [-0.2, 0) is 0 Å².